The second kappa shape index (κ2) is 4.53. The molecule has 88 valence electrons. The van der Waals surface area contributed by atoms with Crippen LogP contribution in [0, 0.1) is 0 Å². The molecule has 2 N–H and O–H groups in total. The van der Waals surface area contributed by atoms with E-state index < -0.39 is 0 Å². The largest absolute Gasteiger partial charge is 0.307 e. The van der Waals surface area contributed by atoms with Crippen molar-refractivity contribution in [2.75, 3.05) is 6.54 Å². The standard InChI is InChI=1S/C12H20N4/c1-2-6-9(5-1)11-14-12(16-15-11)10-7-3-4-8-13-10/h9-10,13H,1-8H2,(H,14,15,16). The molecular formula is C12H20N4. The van der Waals surface area contributed by atoms with Crippen molar-refractivity contribution in [3.63, 3.8) is 0 Å². The topological polar surface area (TPSA) is 53.6 Å². The van der Waals surface area contributed by atoms with Crippen molar-refractivity contribution in [3.05, 3.63) is 11.6 Å². The van der Waals surface area contributed by atoms with E-state index in [2.05, 4.69) is 20.5 Å². The maximum absolute atomic E-state index is 4.69. The minimum absolute atomic E-state index is 0.413. The number of H-pyrrole nitrogens is 1. The summed E-state index contributed by atoms with van der Waals surface area (Å²) in [6.45, 7) is 1.12. The number of hydrogen-bond acceptors (Lipinski definition) is 3. The van der Waals surface area contributed by atoms with Crippen LogP contribution in [-0.4, -0.2) is 21.7 Å². The fourth-order valence-corrected chi connectivity index (χ4v) is 2.90. The molecular weight excluding hydrogens is 200 g/mol. The maximum Gasteiger partial charge on any atom is 0.153 e. The van der Waals surface area contributed by atoms with E-state index in [1.54, 1.807) is 0 Å². The molecule has 0 bridgehead atoms. The molecule has 1 atom stereocenters. The van der Waals surface area contributed by atoms with Crippen LogP contribution < -0.4 is 5.32 Å². The quantitative estimate of drug-likeness (QED) is 0.804. The smallest absolute Gasteiger partial charge is 0.153 e. The SMILES string of the molecule is C1CCC(c2nc(C3CCCC3)n[nH]2)NC1. The van der Waals surface area contributed by atoms with Crippen molar-refractivity contribution in [2.45, 2.75) is 56.9 Å². The predicted molar refractivity (Wildman–Crippen MR) is 62.2 cm³/mol. The van der Waals surface area contributed by atoms with Crippen LogP contribution in [0.3, 0.4) is 0 Å². The number of hydrogen-bond donors (Lipinski definition) is 2. The highest BCUT2D eigenvalue weighted by Crippen LogP contribution is 2.32. The number of rotatable bonds is 2. The van der Waals surface area contributed by atoms with Crippen LogP contribution in [0.2, 0.25) is 0 Å². The summed E-state index contributed by atoms with van der Waals surface area (Å²) in [5, 5.41) is 11.0. The Balaban J connectivity index is 1.71. The second-order valence-electron chi connectivity index (χ2n) is 5.06. The third-order valence-electron chi connectivity index (χ3n) is 3.88. The zero-order chi connectivity index (χ0) is 10.8. The van der Waals surface area contributed by atoms with Gasteiger partial charge >= 0.3 is 0 Å². The molecule has 1 aromatic heterocycles. The molecule has 1 unspecified atom stereocenters. The molecule has 4 nitrogen and oxygen atoms in total. The Bertz CT molecular complexity index is 335. The van der Waals surface area contributed by atoms with E-state index in [1.807, 2.05) is 0 Å². The molecule has 2 aliphatic rings. The van der Waals surface area contributed by atoms with Gasteiger partial charge in [0, 0.05) is 5.92 Å². The first-order valence-electron chi connectivity index (χ1n) is 6.59. The lowest BCUT2D eigenvalue weighted by atomic mass is 10.0. The van der Waals surface area contributed by atoms with Gasteiger partial charge in [0.15, 0.2) is 5.82 Å². The summed E-state index contributed by atoms with van der Waals surface area (Å²) in [5.74, 6) is 2.73. The summed E-state index contributed by atoms with van der Waals surface area (Å²) in [5.41, 5.74) is 0. The van der Waals surface area contributed by atoms with Crippen LogP contribution in [0.15, 0.2) is 0 Å². The molecule has 2 fully saturated rings. The van der Waals surface area contributed by atoms with E-state index in [1.165, 1.54) is 44.9 Å². The van der Waals surface area contributed by atoms with Gasteiger partial charge in [0.05, 0.1) is 6.04 Å². The van der Waals surface area contributed by atoms with Gasteiger partial charge in [-0.25, -0.2) is 4.98 Å². The molecule has 1 saturated carbocycles. The van der Waals surface area contributed by atoms with Crippen LogP contribution in [0.1, 0.15) is 68.6 Å². The monoisotopic (exact) mass is 220 g/mol. The Hall–Kier alpha value is -0.900. The van der Waals surface area contributed by atoms with E-state index >= 15 is 0 Å². The second-order valence-corrected chi connectivity index (χ2v) is 5.06. The Kier molecular flexibility index (Phi) is 2.91. The van der Waals surface area contributed by atoms with Gasteiger partial charge in [0.25, 0.3) is 0 Å². The molecule has 16 heavy (non-hydrogen) atoms. The molecule has 1 saturated heterocycles. The molecule has 0 radical (unpaired) electrons. The summed E-state index contributed by atoms with van der Waals surface area (Å²) < 4.78 is 0. The van der Waals surface area contributed by atoms with Crippen LogP contribution in [0.25, 0.3) is 0 Å². The van der Waals surface area contributed by atoms with Crippen LogP contribution in [0.5, 0.6) is 0 Å². The van der Waals surface area contributed by atoms with E-state index in [0.29, 0.717) is 12.0 Å². The Morgan fingerprint density at radius 3 is 2.56 bits per heavy atom. The van der Waals surface area contributed by atoms with Crippen molar-refractivity contribution < 1.29 is 0 Å². The highest BCUT2D eigenvalue weighted by Gasteiger charge is 2.24. The summed E-state index contributed by atoms with van der Waals surface area (Å²) in [4.78, 5) is 4.69. The van der Waals surface area contributed by atoms with Gasteiger partial charge in [-0.3, -0.25) is 5.10 Å². The third-order valence-corrected chi connectivity index (χ3v) is 3.88. The van der Waals surface area contributed by atoms with E-state index in [-0.39, 0.29) is 0 Å². The normalized spacial score (nSPS) is 27.4. The van der Waals surface area contributed by atoms with Crippen molar-refractivity contribution in [1.82, 2.24) is 20.5 Å². The minimum Gasteiger partial charge on any atom is -0.307 e. The van der Waals surface area contributed by atoms with Crippen LogP contribution in [-0.2, 0) is 0 Å². The molecule has 1 aliphatic carbocycles. The first-order valence-corrected chi connectivity index (χ1v) is 6.59. The van der Waals surface area contributed by atoms with Gasteiger partial charge in [-0.1, -0.05) is 19.3 Å². The molecule has 0 spiro atoms. The summed E-state index contributed by atoms with van der Waals surface area (Å²) in [6, 6.07) is 0.413. The molecule has 2 heterocycles. The van der Waals surface area contributed by atoms with Crippen molar-refractivity contribution in [2.24, 2.45) is 0 Å². The minimum atomic E-state index is 0.413. The van der Waals surface area contributed by atoms with E-state index in [0.717, 1.165) is 18.2 Å². The molecule has 1 aromatic rings. The predicted octanol–water partition coefficient (Wildman–Crippen LogP) is 2.28. The zero-order valence-corrected chi connectivity index (χ0v) is 9.71. The fraction of sp³-hybridized carbons (Fsp3) is 0.833. The Morgan fingerprint density at radius 1 is 1.00 bits per heavy atom. The number of aromatic nitrogens is 3. The van der Waals surface area contributed by atoms with Gasteiger partial charge in [-0.15, -0.1) is 0 Å². The number of nitrogens with one attached hydrogen (secondary N) is 2. The lowest BCUT2D eigenvalue weighted by Gasteiger charge is -2.20. The highest BCUT2D eigenvalue weighted by molar-refractivity contribution is 5.03. The molecule has 0 aromatic carbocycles. The number of piperidine rings is 1. The third kappa shape index (κ3) is 1.98. The first-order chi connectivity index (χ1) is 7.93. The lowest BCUT2D eigenvalue weighted by molar-refractivity contribution is 0.398. The lowest BCUT2D eigenvalue weighted by Crippen LogP contribution is -2.27. The van der Waals surface area contributed by atoms with Crippen molar-refractivity contribution >= 4 is 0 Å². The number of nitrogens with zero attached hydrogens (tertiary/aromatic N) is 2. The Morgan fingerprint density at radius 2 is 1.81 bits per heavy atom. The van der Waals surface area contributed by atoms with Crippen LogP contribution in [0.4, 0.5) is 0 Å². The number of aromatic amines is 1. The molecule has 3 rings (SSSR count). The molecule has 1 aliphatic heterocycles. The molecule has 4 heteroatoms. The van der Waals surface area contributed by atoms with E-state index in [9.17, 15) is 0 Å². The first kappa shape index (κ1) is 10.3. The maximum atomic E-state index is 4.69. The van der Waals surface area contributed by atoms with Crippen molar-refractivity contribution in [3.8, 4) is 0 Å². The average Bonchev–Trinajstić information content (AvgIpc) is 3.01. The zero-order valence-electron chi connectivity index (χ0n) is 9.71. The van der Waals surface area contributed by atoms with Gasteiger partial charge in [-0.05, 0) is 32.2 Å². The van der Waals surface area contributed by atoms with Gasteiger partial charge in [0.1, 0.15) is 5.82 Å². The summed E-state index contributed by atoms with van der Waals surface area (Å²) in [7, 11) is 0. The van der Waals surface area contributed by atoms with Crippen LogP contribution >= 0.6 is 0 Å². The average molecular weight is 220 g/mol. The van der Waals surface area contributed by atoms with Gasteiger partial charge < -0.3 is 5.32 Å². The van der Waals surface area contributed by atoms with E-state index in [4.69, 9.17) is 0 Å². The summed E-state index contributed by atoms with van der Waals surface area (Å²) >= 11 is 0. The van der Waals surface area contributed by atoms with Gasteiger partial charge in [0.2, 0.25) is 0 Å². The van der Waals surface area contributed by atoms with Gasteiger partial charge in [-0.2, -0.15) is 5.10 Å². The highest BCUT2D eigenvalue weighted by atomic mass is 15.2. The Labute approximate surface area is 96.2 Å². The van der Waals surface area contributed by atoms with Crippen molar-refractivity contribution in [1.29, 1.82) is 0 Å². The fourth-order valence-electron chi connectivity index (χ4n) is 2.90. The molecule has 0 amide bonds. The summed E-state index contributed by atoms with van der Waals surface area (Å²) in [6.07, 6.45) is 9.02.